The summed E-state index contributed by atoms with van der Waals surface area (Å²) in [5, 5.41) is 18.2. The van der Waals surface area contributed by atoms with Crippen molar-refractivity contribution >= 4 is 28.6 Å². The number of carboxylic acids is 1. The van der Waals surface area contributed by atoms with Gasteiger partial charge in [-0.25, -0.2) is 4.79 Å². The highest BCUT2D eigenvalue weighted by molar-refractivity contribution is 5.93. The van der Waals surface area contributed by atoms with Gasteiger partial charge in [0.25, 0.3) is 0 Å². The molecule has 2 aromatic carbocycles. The van der Waals surface area contributed by atoms with Crippen molar-refractivity contribution in [3.8, 4) is 0 Å². The van der Waals surface area contributed by atoms with Gasteiger partial charge in [-0.05, 0) is 33.7 Å². The van der Waals surface area contributed by atoms with Gasteiger partial charge in [0.2, 0.25) is 11.8 Å². The zero-order chi connectivity index (χ0) is 25.9. The van der Waals surface area contributed by atoms with Crippen LogP contribution in [-0.4, -0.2) is 58.5 Å². The van der Waals surface area contributed by atoms with E-state index >= 15 is 0 Å². The minimum absolute atomic E-state index is 0.0444. The molecule has 3 rings (SSSR count). The van der Waals surface area contributed by atoms with Crippen molar-refractivity contribution in [1.29, 1.82) is 0 Å². The Balaban J connectivity index is 1.85. The Labute approximate surface area is 204 Å². The molecular weight excluding hydrogens is 448 g/mol. The van der Waals surface area contributed by atoms with Crippen molar-refractivity contribution < 1.29 is 19.5 Å². The fraction of sp³-hybridized carbons (Fsp3) is 0.480. The van der Waals surface area contributed by atoms with E-state index < -0.39 is 53.3 Å². The first-order valence-electron chi connectivity index (χ1n) is 11.6. The Kier molecular flexibility index (Phi) is 7.67. The normalized spacial score (nSPS) is 20.5. The maximum absolute atomic E-state index is 13.3. The number of hydrogen-bond acceptors (Lipinski definition) is 5. The zero-order valence-corrected chi connectivity index (χ0v) is 20.4. The number of carboxylic acid groups (broad SMARTS) is 1. The van der Waals surface area contributed by atoms with E-state index in [1.54, 1.807) is 6.92 Å². The quantitative estimate of drug-likeness (QED) is 0.314. The number of benzene rings is 2. The molecule has 35 heavy (non-hydrogen) atoms. The van der Waals surface area contributed by atoms with E-state index in [0.29, 0.717) is 0 Å². The number of carbonyl (C=O) groups is 3. The van der Waals surface area contributed by atoms with Crippen LogP contribution in [0.25, 0.3) is 21.2 Å². The van der Waals surface area contributed by atoms with Crippen molar-refractivity contribution in [2.75, 3.05) is 6.54 Å². The van der Waals surface area contributed by atoms with Gasteiger partial charge in [0.15, 0.2) is 0 Å². The van der Waals surface area contributed by atoms with E-state index in [2.05, 4.69) is 15.3 Å². The average molecular weight is 481 g/mol. The van der Waals surface area contributed by atoms with Gasteiger partial charge in [0.05, 0.1) is 12.1 Å². The van der Waals surface area contributed by atoms with Gasteiger partial charge in [-0.1, -0.05) is 75.3 Å². The molecule has 2 amide bonds. The number of carbonyl (C=O) groups excluding carboxylic acids is 2. The number of nitrogens with two attached hydrogens (primary N) is 1. The third-order valence-electron chi connectivity index (χ3n) is 6.64. The van der Waals surface area contributed by atoms with Crippen molar-refractivity contribution in [2.24, 2.45) is 16.3 Å². The van der Waals surface area contributed by atoms with E-state index in [0.717, 1.165) is 16.3 Å². The molecule has 0 aliphatic carbocycles. The second kappa shape index (κ2) is 10.3. The Morgan fingerprint density at radius 2 is 1.86 bits per heavy atom. The van der Waals surface area contributed by atoms with Crippen LogP contribution < -0.4 is 11.1 Å². The minimum Gasteiger partial charge on any atom is -0.480 e. The number of fused-ring (bicyclic) bond motifs is 1. The van der Waals surface area contributed by atoms with Crippen molar-refractivity contribution in [3.63, 3.8) is 0 Å². The van der Waals surface area contributed by atoms with Crippen LogP contribution in [-0.2, 0) is 14.4 Å². The molecule has 186 valence electrons. The van der Waals surface area contributed by atoms with Crippen LogP contribution in [0.5, 0.6) is 0 Å². The number of nitrogens with one attached hydrogen (secondary N) is 1. The monoisotopic (exact) mass is 480 g/mol. The van der Waals surface area contributed by atoms with Crippen molar-refractivity contribution in [1.82, 2.24) is 10.2 Å². The highest BCUT2D eigenvalue weighted by Crippen LogP contribution is 2.28. The second-order valence-electron chi connectivity index (χ2n) is 10.2. The van der Waals surface area contributed by atoms with Gasteiger partial charge in [0, 0.05) is 17.4 Å². The van der Waals surface area contributed by atoms with E-state index in [4.69, 9.17) is 11.3 Å². The van der Waals surface area contributed by atoms with E-state index in [9.17, 15) is 19.5 Å². The number of amides is 2. The summed E-state index contributed by atoms with van der Waals surface area (Å²) in [4.78, 5) is 42.7. The predicted octanol–water partition coefficient (Wildman–Crippen LogP) is 3.17. The molecule has 10 heteroatoms. The molecule has 0 saturated carbocycles. The summed E-state index contributed by atoms with van der Waals surface area (Å²) >= 11 is 0. The fourth-order valence-electron chi connectivity index (χ4n) is 4.35. The zero-order valence-electron chi connectivity index (χ0n) is 20.4. The number of azide groups is 1. The lowest BCUT2D eigenvalue weighted by atomic mass is 9.86. The largest absolute Gasteiger partial charge is 0.480 e. The first-order valence-corrected chi connectivity index (χ1v) is 11.6. The molecule has 1 fully saturated rings. The molecule has 0 spiro atoms. The van der Waals surface area contributed by atoms with Crippen LogP contribution in [0.3, 0.4) is 0 Å². The molecule has 0 bridgehead atoms. The second-order valence-corrected chi connectivity index (χ2v) is 10.2. The fourth-order valence-corrected chi connectivity index (χ4v) is 4.35. The van der Waals surface area contributed by atoms with E-state index in [1.165, 1.54) is 4.90 Å². The van der Waals surface area contributed by atoms with E-state index in [-0.39, 0.29) is 13.0 Å². The first kappa shape index (κ1) is 26.0. The summed E-state index contributed by atoms with van der Waals surface area (Å²) in [5.41, 5.74) is 15.2. The third-order valence-corrected chi connectivity index (χ3v) is 6.64. The minimum atomic E-state index is -1.23. The Bertz CT molecular complexity index is 1170. The van der Waals surface area contributed by atoms with Crippen LogP contribution in [0.2, 0.25) is 0 Å². The van der Waals surface area contributed by atoms with Gasteiger partial charge in [-0.15, -0.1) is 0 Å². The van der Waals surface area contributed by atoms with Crippen molar-refractivity contribution in [3.05, 3.63) is 58.5 Å². The first-order chi connectivity index (χ1) is 16.4. The Morgan fingerprint density at radius 3 is 2.46 bits per heavy atom. The molecule has 2 aromatic rings. The summed E-state index contributed by atoms with van der Waals surface area (Å²) in [5.74, 6) is -2.79. The van der Waals surface area contributed by atoms with Crippen LogP contribution in [0.1, 0.15) is 45.6 Å². The Morgan fingerprint density at radius 1 is 1.20 bits per heavy atom. The number of hydrogen-bond donors (Lipinski definition) is 3. The molecule has 1 aliphatic rings. The number of aliphatic carboxylic acids is 1. The van der Waals surface area contributed by atoms with E-state index in [1.807, 2.05) is 63.2 Å². The molecule has 1 saturated heterocycles. The summed E-state index contributed by atoms with van der Waals surface area (Å²) in [6.45, 7) is 7.23. The van der Waals surface area contributed by atoms with Crippen LogP contribution in [0.15, 0.2) is 47.6 Å². The number of likely N-dealkylation sites (tertiary alicyclic amines) is 1. The molecular formula is C25H32N6O4. The lowest BCUT2D eigenvalue weighted by Crippen LogP contribution is -2.56. The Hall–Kier alpha value is -3.62. The lowest BCUT2D eigenvalue weighted by Gasteiger charge is -2.33. The van der Waals surface area contributed by atoms with Gasteiger partial charge in [-0.3, -0.25) is 9.59 Å². The summed E-state index contributed by atoms with van der Waals surface area (Å²) in [6.07, 6.45) is 0.0925. The van der Waals surface area contributed by atoms with Gasteiger partial charge >= 0.3 is 5.97 Å². The maximum atomic E-state index is 13.3. The maximum Gasteiger partial charge on any atom is 0.326 e. The molecule has 0 aromatic heterocycles. The molecule has 10 nitrogen and oxygen atoms in total. The topological polar surface area (TPSA) is 161 Å². The highest BCUT2D eigenvalue weighted by atomic mass is 16.4. The summed E-state index contributed by atoms with van der Waals surface area (Å²) in [6, 6.07) is 9.71. The lowest BCUT2D eigenvalue weighted by molar-refractivity contribution is -0.145. The van der Waals surface area contributed by atoms with Crippen molar-refractivity contribution in [2.45, 2.75) is 64.2 Å². The smallest absolute Gasteiger partial charge is 0.326 e. The number of nitrogens with zero attached hydrogens (tertiary/aromatic N) is 4. The van der Waals surface area contributed by atoms with Crippen LogP contribution >= 0.6 is 0 Å². The third kappa shape index (κ3) is 5.72. The molecule has 1 aliphatic heterocycles. The van der Waals surface area contributed by atoms with Gasteiger partial charge < -0.3 is 21.1 Å². The highest BCUT2D eigenvalue weighted by Gasteiger charge is 2.44. The summed E-state index contributed by atoms with van der Waals surface area (Å²) in [7, 11) is 0. The average Bonchev–Trinajstić information content (AvgIpc) is 3.24. The molecule has 0 radical (unpaired) electrons. The number of rotatable bonds is 7. The molecule has 2 unspecified atom stereocenters. The summed E-state index contributed by atoms with van der Waals surface area (Å²) < 4.78 is 0. The van der Waals surface area contributed by atoms with Gasteiger partial charge in [-0.2, -0.15) is 0 Å². The predicted molar refractivity (Wildman–Crippen MR) is 132 cm³/mol. The SMILES string of the molecule is CC(c1ccc2ccccc2c1)C(NC(=O)[C@@H]1C[C@H](N=[N+]=[N-])CN1C(=O)[C@@H](N)C(C)(C)C)C(=O)O. The standard InChI is InChI=1S/C25H32N6O4/c1-14(16-10-9-15-7-5-6-8-17(15)11-16)20(24(34)35)28-22(32)19-12-18(29-30-27)13-31(19)23(33)21(26)25(2,3)4/h5-11,14,18-21H,12-13,26H2,1-4H3,(H,28,32)(H,34,35)/t14?,18-,19-,20?,21+/m0/s1. The molecule has 5 atom stereocenters. The molecule has 4 N–H and O–H groups in total. The van der Waals surface area contributed by atoms with Crippen LogP contribution in [0.4, 0.5) is 0 Å². The molecule has 1 heterocycles. The van der Waals surface area contributed by atoms with Gasteiger partial charge in [0.1, 0.15) is 12.1 Å². The van der Waals surface area contributed by atoms with Crippen LogP contribution in [0, 0.1) is 5.41 Å².